The van der Waals surface area contributed by atoms with E-state index in [1.54, 1.807) is 21.3 Å². The van der Waals surface area contributed by atoms with E-state index in [-0.39, 0.29) is 11.8 Å². The van der Waals surface area contributed by atoms with Gasteiger partial charge in [-0.2, -0.15) is 0 Å². The smallest absolute Gasteiger partial charge is 0.222 e. The summed E-state index contributed by atoms with van der Waals surface area (Å²) in [6.45, 7) is 3.90. The van der Waals surface area contributed by atoms with Crippen LogP contribution < -0.4 is 19.5 Å². The number of rotatable bonds is 10. The van der Waals surface area contributed by atoms with Gasteiger partial charge in [0.05, 0.1) is 21.3 Å². The Morgan fingerprint density at radius 2 is 1.67 bits per heavy atom. The summed E-state index contributed by atoms with van der Waals surface area (Å²) in [5, 5.41) is 3.18. The minimum absolute atomic E-state index is 0.0490. The van der Waals surface area contributed by atoms with Gasteiger partial charge in [0.2, 0.25) is 11.8 Å². The molecule has 1 N–H and O–H groups in total. The van der Waals surface area contributed by atoms with E-state index in [2.05, 4.69) is 16.3 Å². The first-order chi connectivity index (χ1) is 17.4. The molecule has 0 saturated carbocycles. The lowest BCUT2D eigenvalue weighted by Gasteiger charge is -2.36. The van der Waals surface area contributed by atoms with E-state index in [1.807, 2.05) is 41.3 Å². The molecule has 2 aliphatic heterocycles. The van der Waals surface area contributed by atoms with Crippen LogP contribution in [-0.4, -0.2) is 74.7 Å². The number of para-hydroxylation sites is 1. The highest BCUT2D eigenvalue weighted by Crippen LogP contribution is 2.34. The summed E-state index contributed by atoms with van der Waals surface area (Å²) >= 11 is 0. The molecule has 0 aliphatic carbocycles. The molecule has 4 rings (SSSR count). The van der Waals surface area contributed by atoms with E-state index in [0.29, 0.717) is 50.3 Å². The second-order valence-corrected chi connectivity index (χ2v) is 9.66. The molecule has 8 heteroatoms. The summed E-state index contributed by atoms with van der Waals surface area (Å²) in [6.07, 6.45) is 2.90. The summed E-state index contributed by atoms with van der Waals surface area (Å²) in [6, 6.07) is 13.9. The second-order valence-electron chi connectivity index (χ2n) is 9.66. The molecule has 2 fully saturated rings. The third kappa shape index (κ3) is 6.10. The molecule has 8 nitrogen and oxygen atoms in total. The van der Waals surface area contributed by atoms with Gasteiger partial charge in [0.15, 0.2) is 11.5 Å². The van der Waals surface area contributed by atoms with Gasteiger partial charge < -0.3 is 24.4 Å². The third-order valence-electron chi connectivity index (χ3n) is 7.35. The molecule has 0 unspecified atom stereocenters. The van der Waals surface area contributed by atoms with Crippen LogP contribution in [0, 0.1) is 0 Å². The van der Waals surface area contributed by atoms with Crippen molar-refractivity contribution in [3.8, 4) is 17.2 Å². The fourth-order valence-electron chi connectivity index (χ4n) is 5.30. The number of nitrogens with zero attached hydrogens (tertiary/aromatic N) is 2. The first-order valence-electron chi connectivity index (χ1n) is 12.6. The van der Waals surface area contributed by atoms with Gasteiger partial charge in [0, 0.05) is 56.7 Å². The minimum Gasteiger partial charge on any atom is -0.496 e. The zero-order chi connectivity index (χ0) is 25.5. The summed E-state index contributed by atoms with van der Waals surface area (Å²) in [7, 11) is 4.92. The van der Waals surface area contributed by atoms with Crippen LogP contribution in [-0.2, 0) is 22.6 Å². The predicted octanol–water partition coefficient (Wildman–Crippen LogP) is 3.03. The van der Waals surface area contributed by atoms with Gasteiger partial charge in [-0.1, -0.05) is 24.3 Å². The first kappa shape index (κ1) is 25.8. The highest BCUT2D eigenvalue weighted by Gasteiger charge is 2.38. The van der Waals surface area contributed by atoms with Crippen molar-refractivity contribution in [2.75, 3.05) is 47.5 Å². The number of amides is 2. The number of hydrogen-bond donors (Lipinski definition) is 1. The number of carbonyl (C=O) groups excluding carboxylic acids is 2. The van der Waals surface area contributed by atoms with E-state index in [9.17, 15) is 9.59 Å². The standard InChI is InChI=1S/C28H37N3O5/c1-34-23-7-5-4-6-22(23)20-30-14-16-31(17-15-30)27(33)11-13-28(12-10-26(32)29-28)19-21-8-9-24(35-2)25(18-21)36-3/h4-9,18H,10-17,19-20H2,1-3H3,(H,29,32)/t28-/m0/s1. The number of benzene rings is 2. The number of piperazine rings is 1. The van der Waals surface area contributed by atoms with Crippen molar-refractivity contribution in [3.05, 3.63) is 53.6 Å². The van der Waals surface area contributed by atoms with E-state index >= 15 is 0 Å². The van der Waals surface area contributed by atoms with Crippen molar-refractivity contribution in [3.63, 3.8) is 0 Å². The van der Waals surface area contributed by atoms with Crippen molar-refractivity contribution >= 4 is 11.8 Å². The monoisotopic (exact) mass is 495 g/mol. The summed E-state index contributed by atoms with van der Waals surface area (Å²) in [5.74, 6) is 2.43. The lowest BCUT2D eigenvalue weighted by atomic mass is 9.84. The number of carbonyl (C=O) groups is 2. The van der Waals surface area contributed by atoms with Crippen molar-refractivity contribution in [2.45, 2.75) is 44.2 Å². The Morgan fingerprint density at radius 3 is 2.33 bits per heavy atom. The van der Waals surface area contributed by atoms with Gasteiger partial charge in [-0.3, -0.25) is 14.5 Å². The van der Waals surface area contributed by atoms with Gasteiger partial charge in [0.1, 0.15) is 5.75 Å². The number of nitrogens with one attached hydrogen (secondary N) is 1. The Kier molecular flexibility index (Phi) is 8.36. The van der Waals surface area contributed by atoms with Gasteiger partial charge in [0.25, 0.3) is 0 Å². The van der Waals surface area contributed by atoms with Gasteiger partial charge in [-0.15, -0.1) is 0 Å². The number of methoxy groups -OCH3 is 3. The maximum atomic E-state index is 13.1. The van der Waals surface area contributed by atoms with E-state index < -0.39 is 5.54 Å². The van der Waals surface area contributed by atoms with Crippen LogP contribution >= 0.6 is 0 Å². The predicted molar refractivity (Wildman–Crippen MR) is 137 cm³/mol. The summed E-state index contributed by atoms with van der Waals surface area (Å²) < 4.78 is 16.3. The van der Waals surface area contributed by atoms with Gasteiger partial charge >= 0.3 is 0 Å². The molecule has 2 aromatic carbocycles. The molecule has 0 aromatic heterocycles. The molecule has 0 spiro atoms. The average molecular weight is 496 g/mol. The van der Waals surface area contributed by atoms with Crippen molar-refractivity contribution in [1.29, 1.82) is 0 Å². The summed E-state index contributed by atoms with van der Waals surface area (Å²) in [5.41, 5.74) is 1.79. The Bertz CT molecular complexity index is 1070. The Morgan fingerprint density at radius 1 is 0.944 bits per heavy atom. The highest BCUT2D eigenvalue weighted by molar-refractivity contribution is 5.80. The first-order valence-corrected chi connectivity index (χ1v) is 12.6. The SMILES string of the molecule is COc1ccccc1CN1CCN(C(=O)CC[C@]2(Cc3ccc(OC)c(OC)c3)CCC(=O)N2)CC1. The van der Waals surface area contributed by atoms with Crippen molar-refractivity contribution in [2.24, 2.45) is 0 Å². The molecule has 0 radical (unpaired) electrons. The Hall–Kier alpha value is -3.26. The zero-order valence-electron chi connectivity index (χ0n) is 21.5. The fourth-order valence-corrected chi connectivity index (χ4v) is 5.30. The number of hydrogen-bond acceptors (Lipinski definition) is 6. The van der Waals surface area contributed by atoms with Crippen LogP contribution in [0.5, 0.6) is 17.2 Å². The van der Waals surface area contributed by atoms with E-state index in [1.165, 1.54) is 0 Å². The molecule has 2 aliphatic rings. The Balaban J connectivity index is 1.33. The molecule has 194 valence electrons. The van der Waals surface area contributed by atoms with Crippen LogP contribution in [0.25, 0.3) is 0 Å². The van der Waals surface area contributed by atoms with Gasteiger partial charge in [-0.25, -0.2) is 0 Å². The average Bonchev–Trinajstić information content (AvgIpc) is 3.28. The fraction of sp³-hybridized carbons (Fsp3) is 0.500. The molecule has 1 atom stereocenters. The van der Waals surface area contributed by atoms with Crippen molar-refractivity contribution in [1.82, 2.24) is 15.1 Å². The van der Waals surface area contributed by atoms with Crippen LogP contribution in [0.4, 0.5) is 0 Å². The molecular weight excluding hydrogens is 458 g/mol. The van der Waals surface area contributed by atoms with Gasteiger partial charge in [-0.05, 0) is 43.0 Å². The maximum absolute atomic E-state index is 13.1. The normalized spacial score (nSPS) is 20.2. The largest absolute Gasteiger partial charge is 0.496 e. The summed E-state index contributed by atoms with van der Waals surface area (Å²) in [4.78, 5) is 29.6. The van der Waals surface area contributed by atoms with Crippen LogP contribution in [0.1, 0.15) is 36.8 Å². The molecule has 2 heterocycles. The highest BCUT2D eigenvalue weighted by atomic mass is 16.5. The second kappa shape index (κ2) is 11.6. The van der Waals surface area contributed by atoms with Crippen LogP contribution in [0.3, 0.4) is 0 Å². The molecule has 0 bridgehead atoms. The minimum atomic E-state index is -0.419. The molecular formula is C28H37N3O5. The molecule has 2 amide bonds. The zero-order valence-corrected chi connectivity index (χ0v) is 21.5. The van der Waals surface area contributed by atoms with E-state index in [0.717, 1.165) is 42.9 Å². The maximum Gasteiger partial charge on any atom is 0.222 e. The van der Waals surface area contributed by atoms with E-state index in [4.69, 9.17) is 14.2 Å². The quantitative estimate of drug-likeness (QED) is 0.546. The van der Waals surface area contributed by atoms with Crippen LogP contribution in [0.2, 0.25) is 0 Å². The van der Waals surface area contributed by atoms with Crippen LogP contribution in [0.15, 0.2) is 42.5 Å². The Labute approximate surface area is 213 Å². The molecule has 2 saturated heterocycles. The lowest BCUT2D eigenvalue weighted by Crippen LogP contribution is -2.49. The molecule has 36 heavy (non-hydrogen) atoms. The van der Waals surface area contributed by atoms with Crippen molar-refractivity contribution < 1.29 is 23.8 Å². The number of ether oxygens (including phenoxy) is 3. The lowest BCUT2D eigenvalue weighted by molar-refractivity contribution is -0.133. The molecule has 2 aromatic rings. The third-order valence-corrected chi connectivity index (χ3v) is 7.35. The topological polar surface area (TPSA) is 80.3 Å².